The molecule has 3 nitrogen and oxygen atoms in total. The quantitative estimate of drug-likeness (QED) is 0.803. The maximum absolute atomic E-state index is 12.3. The average Bonchev–Trinajstić information content (AvgIpc) is 2.52. The Morgan fingerprint density at radius 3 is 2.76 bits per heavy atom. The van der Waals surface area contributed by atoms with E-state index in [2.05, 4.69) is 47.9 Å². The van der Waals surface area contributed by atoms with Crippen LogP contribution in [0, 0.1) is 5.92 Å². The van der Waals surface area contributed by atoms with Crippen LogP contribution in [-0.2, 0) is 11.3 Å². The lowest BCUT2D eigenvalue weighted by Crippen LogP contribution is -2.40. The summed E-state index contributed by atoms with van der Waals surface area (Å²) in [5.74, 6) is 0.988. The highest BCUT2D eigenvalue weighted by Crippen LogP contribution is 2.16. The normalized spacial score (nSPS) is 19.0. The van der Waals surface area contributed by atoms with Crippen molar-refractivity contribution < 1.29 is 4.79 Å². The molecule has 1 aliphatic rings. The van der Waals surface area contributed by atoms with Gasteiger partial charge in [0.15, 0.2) is 0 Å². The highest BCUT2D eigenvalue weighted by Gasteiger charge is 2.20. The molecule has 0 bridgehead atoms. The van der Waals surface area contributed by atoms with E-state index in [4.69, 9.17) is 0 Å². The number of amides is 1. The number of likely N-dealkylation sites (tertiary alicyclic amines) is 1. The van der Waals surface area contributed by atoms with Gasteiger partial charge in [-0.1, -0.05) is 44.2 Å². The average molecular weight is 288 g/mol. The van der Waals surface area contributed by atoms with E-state index in [1.54, 1.807) is 0 Å². The lowest BCUT2D eigenvalue weighted by Gasteiger charge is -2.31. The van der Waals surface area contributed by atoms with Gasteiger partial charge in [-0.3, -0.25) is 9.69 Å². The van der Waals surface area contributed by atoms with Crippen LogP contribution in [0.15, 0.2) is 30.3 Å². The van der Waals surface area contributed by atoms with E-state index in [0.29, 0.717) is 18.2 Å². The number of carbonyl (C=O) groups excluding carboxylic acids is 1. The van der Waals surface area contributed by atoms with E-state index in [9.17, 15) is 4.79 Å². The molecule has 2 rings (SSSR count). The van der Waals surface area contributed by atoms with Crippen molar-refractivity contribution in [2.75, 3.05) is 26.2 Å². The van der Waals surface area contributed by atoms with Gasteiger partial charge in [-0.2, -0.15) is 0 Å². The van der Waals surface area contributed by atoms with Crippen LogP contribution < -0.4 is 0 Å². The second kappa shape index (κ2) is 8.18. The summed E-state index contributed by atoms with van der Waals surface area (Å²) >= 11 is 0. The first-order valence-corrected chi connectivity index (χ1v) is 8.23. The molecule has 0 saturated carbocycles. The van der Waals surface area contributed by atoms with E-state index in [0.717, 1.165) is 39.1 Å². The number of rotatable bonds is 6. The summed E-state index contributed by atoms with van der Waals surface area (Å²) in [6, 6.07) is 10.5. The van der Waals surface area contributed by atoms with Gasteiger partial charge in [0, 0.05) is 32.6 Å². The molecule has 0 aliphatic carbocycles. The Morgan fingerprint density at radius 2 is 2.10 bits per heavy atom. The summed E-state index contributed by atoms with van der Waals surface area (Å²) in [6.45, 7) is 9.08. The molecule has 0 N–H and O–H groups in total. The summed E-state index contributed by atoms with van der Waals surface area (Å²) in [7, 11) is 0. The standard InChI is InChI=1S/C18H28N2O/c1-3-19(15-17-9-5-4-6-10-17)13-11-18(21)20-12-7-8-16(2)14-20/h4-6,9-10,16H,3,7-8,11-15H2,1-2H3. The molecule has 1 aromatic carbocycles. The third-order valence-electron chi connectivity index (χ3n) is 4.35. The van der Waals surface area contributed by atoms with Gasteiger partial charge in [0.25, 0.3) is 0 Å². The van der Waals surface area contributed by atoms with Crippen molar-refractivity contribution in [2.45, 2.75) is 39.7 Å². The van der Waals surface area contributed by atoms with Crippen LogP contribution in [0.4, 0.5) is 0 Å². The SMILES string of the molecule is CCN(CCC(=O)N1CCCC(C)C1)Cc1ccccc1. The highest BCUT2D eigenvalue weighted by atomic mass is 16.2. The van der Waals surface area contributed by atoms with Crippen LogP contribution in [0.1, 0.15) is 38.7 Å². The second-order valence-electron chi connectivity index (χ2n) is 6.19. The van der Waals surface area contributed by atoms with Crippen LogP contribution in [0.5, 0.6) is 0 Å². The highest BCUT2D eigenvalue weighted by molar-refractivity contribution is 5.76. The Balaban J connectivity index is 1.78. The minimum atomic E-state index is 0.327. The van der Waals surface area contributed by atoms with Crippen molar-refractivity contribution in [3.8, 4) is 0 Å². The number of hydrogen-bond donors (Lipinski definition) is 0. The Hall–Kier alpha value is -1.35. The maximum Gasteiger partial charge on any atom is 0.223 e. The molecule has 0 aromatic heterocycles. The van der Waals surface area contributed by atoms with Gasteiger partial charge in [-0.15, -0.1) is 0 Å². The monoisotopic (exact) mass is 288 g/mol. The second-order valence-corrected chi connectivity index (χ2v) is 6.19. The van der Waals surface area contributed by atoms with E-state index in [-0.39, 0.29) is 0 Å². The fourth-order valence-electron chi connectivity index (χ4n) is 3.02. The number of carbonyl (C=O) groups is 1. The predicted octanol–water partition coefficient (Wildman–Crippen LogP) is 3.16. The van der Waals surface area contributed by atoms with E-state index >= 15 is 0 Å². The van der Waals surface area contributed by atoms with Crippen molar-refractivity contribution in [3.63, 3.8) is 0 Å². The zero-order chi connectivity index (χ0) is 15.1. The first-order valence-electron chi connectivity index (χ1n) is 8.23. The zero-order valence-corrected chi connectivity index (χ0v) is 13.4. The van der Waals surface area contributed by atoms with Crippen molar-refractivity contribution in [1.29, 1.82) is 0 Å². The summed E-state index contributed by atoms with van der Waals surface area (Å²) in [4.78, 5) is 16.7. The molecule has 0 radical (unpaired) electrons. The molecule has 1 saturated heterocycles. The fraction of sp³-hybridized carbons (Fsp3) is 0.611. The Morgan fingerprint density at radius 1 is 1.33 bits per heavy atom. The van der Waals surface area contributed by atoms with Crippen LogP contribution >= 0.6 is 0 Å². The molecule has 1 aromatic rings. The number of nitrogens with zero attached hydrogens (tertiary/aromatic N) is 2. The third-order valence-corrected chi connectivity index (χ3v) is 4.35. The molecular formula is C18H28N2O. The third kappa shape index (κ3) is 5.16. The minimum absolute atomic E-state index is 0.327. The lowest BCUT2D eigenvalue weighted by molar-refractivity contribution is -0.133. The number of piperidine rings is 1. The van der Waals surface area contributed by atoms with Gasteiger partial charge >= 0.3 is 0 Å². The van der Waals surface area contributed by atoms with Crippen LogP contribution in [0.2, 0.25) is 0 Å². The summed E-state index contributed by atoms with van der Waals surface area (Å²) < 4.78 is 0. The van der Waals surface area contributed by atoms with Gasteiger partial charge < -0.3 is 4.90 Å². The Bertz CT molecular complexity index is 432. The maximum atomic E-state index is 12.3. The van der Waals surface area contributed by atoms with Gasteiger partial charge in [0.2, 0.25) is 5.91 Å². The summed E-state index contributed by atoms with van der Waals surface area (Å²) in [5.41, 5.74) is 1.32. The smallest absolute Gasteiger partial charge is 0.223 e. The lowest BCUT2D eigenvalue weighted by atomic mass is 10.00. The van der Waals surface area contributed by atoms with Crippen LogP contribution in [-0.4, -0.2) is 41.9 Å². The molecule has 1 heterocycles. The summed E-state index contributed by atoms with van der Waals surface area (Å²) in [5, 5.41) is 0. The summed E-state index contributed by atoms with van der Waals surface area (Å²) in [6.07, 6.45) is 3.07. The largest absolute Gasteiger partial charge is 0.342 e. The van der Waals surface area contributed by atoms with Gasteiger partial charge in [0.1, 0.15) is 0 Å². The van der Waals surface area contributed by atoms with Gasteiger partial charge in [0.05, 0.1) is 0 Å². The predicted molar refractivity (Wildman–Crippen MR) is 87.0 cm³/mol. The Labute approximate surface area is 128 Å². The molecule has 1 atom stereocenters. The van der Waals surface area contributed by atoms with E-state index < -0.39 is 0 Å². The molecule has 0 spiro atoms. The number of hydrogen-bond acceptors (Lipinski definition) is 2. The van der Waals surface area contributed by atoms with E-state index in [1.807, 2.05) is 6.07 Å². The Kier molecular flexibility index (Phi) is 6.24. The molecule has 21 heavy (non-hydrogen) atoms. The van der Waals surface area contributed by atoms with Gasteiger partial charge in [-0.25, -0.2) is 0 Å². The molecule has 1 aliphatic heterocycles. The molecule has 1 amide bonds. The van der Waals surface area contributed by atoms with Gasteiger partial charge in [-0.05, 0) is 30.9 Å². The van der Waals surface area contributed by atoms with Crippen LogP contribution in [0.25, 0.3) is 0 Å². The molecule has 116 valence electrons. The van der Waals surface area contributed by atoms with Crippen LogP contribution in [0.3, 0.4) is 0 Å². The first kappa shape index (κ1) is 16.0. The molecule has 1 fully saturated rings. The first-order chi connectivity index (χ1) is 10.2. The zero-order valence-electron chi connectivity index (χ0n) is 13.4. The minimum Gasteiger partial charge on any atom is -0.342 e. The molecule has 1 unspecified atom stereocenters. The topological polar surface area (TPSA) is 23.6 Å². The van der Waals surface area contributed by atoms with Crippen molar-refractivity contribution in [2.24, 2.45) is 5.92 Å². The fourth-order valence-corrected chi connectivity index (χ4v) is 3.02. The molecule has 3 heteroatoms. The van der Waals surface area contributed by atoms with Crippen molar-refractivity contribution in [1.82, 2.24) is 9.80 Å². The van der Waals surface area contributed by atoms with Crippen molar-refractivity contribution in [3.05, 3.63) is 35.9 Å². The molecular weight excluding hydrogens is 260 g/mol. The van der Waals surface area contributed by atoms with E-state index in [1.165, 1.54) is 12.0 Å². The van der Waals surface area contributed by atoms with Crippen molar-refractivity contribution >= 4 is 5.91 Å². The number of benzene rings is 1.